The van der Waals surface area contributed by atoms with Gasteiger partial charge in [0, 0.05) is 4.88 Å². The fraction of sp³-hybridized carbons (Fsp3) is 0.200. The third-order valence-corrected chi connectivity index (χ3v) is 4.22. The molecule has 108 valence electrons. The third-order valence-electron chi connectivity index (χ3n) is 3.05. The average Bonchev–Trinajstić information content (AvgIpc) is 2.91. The van der Waals surface area contributed by atoms with Crippen molar-refractivity contribution in [1.82, 2.24) is 9.97 Å². The summed E-state index contributed by atoms with van der Waals surface area (Å²) in [5.41, 5.74) is 5.76. The van der Waals surface area contributed by atoms with Gasteiger partial charge in [-0.15, -0.1) is 11.3 Å². The monoisotopic (exact) mass is 301 g/mol. The van der Waals surface area contributed by atoms with Gasteiger partial charge in [-0.2, -0.15) is 4.98 Å². The van der Waals surface area contributed by atoms with E-state index in [0.29, 0.717) is 11.6 Å². The molecule has 0 aliphatic rings. The molecule has 0 aliphatic carbocycles. The first kappa shape index (κ1) is 13.6. The molecule has 0 spiro atoms. The number of hydrogen-bond acceptors (Lipinski definition) is 6. The SMILES string of the molecule is CCc1cc2c(Oc3ccc(OC)cc3)nc(N)nc2s1. The van der Waals surface area contributed by atoms with Crippen LogP contribution in [-0.4, -0.2) is 17.1 Å². The van der Waals surface area contributed by atoms with E-state index in [1.165, 1.54) is 4.88 Å². The molecule has 3 rings (SSSR count). The number of fused-ring (bicyclic) bond motifs is 1. The van der Waals surface area contributed by atoms with Crippen molar-refractivity contribution < 1.29 is 9.47 Å². The van der Waals surface area contributed by atoms with E-state index in [4.69, 9.17) is 15.2 Å². The second kappa shape index (κ2) is 5.57. The molecule has 0 aliphatic heterocycles. The van der Waals surface area contributed by atoms with Crippen LogP contribution in [0.3, 0.4) is 0 Å². The minimum absolute atomic E-state index is 0.218. The largest absolute Gasteiger partial charge is 0.497 e. The lowest BCUT2D eigenvalue weighted by Crippen LogP contribution is -1.97. The summed E-state index contributed by atoms with van der Waals surface area (Å²) in [6, 6.07) is 9.38. The van der Waals surface area contributed by atoms with E-state index in [0.717, 1.165) is 22.4 Å². The van der Waals surface area contributed by atoms with Crippen molar-refractivity contribution in [3.63, 3.8) is 0 Å². The number of benzene rings is 1. The first-order valence-electron chi connectivity index (χ1n) is 6.57. The van der Waals surface area contributed by atoms with Crippen LogP contribution in [-0.2, 0) is 6.42 Å². The summed E-state index contributed by atoms with van der Waals surface area (Å²) < 4.78 is 11.0. The molecule has 0 fully saturated rings. The second-order valence-corrected chi connectivity index (χ2v) is 5.56. The molecular formula is C15H15N3O2S. The number of methoxy groups -OCH3 is 1. The molecule has 6 heteroatoms. The fourth-order valence-electron chi connectivity index (χ4n) is 1.97. The first-order chi connectivity index (χ1) is 10.2. The van der Waals surface area contributed by atoms with Crippen LogP contribution in [0.4, 0.5) is 5.95 Å². The predicted octanol–water partition coefficient (Wildman–Crippen LogP) is 3.64. The van der Waals surface area contributed by atoms with Gasteiger partial charge in [-0.3, -0.25) is 0 Å². The Morgan fingerprint density at radius 1 is 1.14 bits per heavy atom. The Balaban J connectivity index is 2.00. The number of anilines is 1. The quantitative estimate of drug-likeness (QED) is 0.796. The Morgan fingerprint density at radius 2 is 1.86 bits per heavy atom. The molecule has 2 N–H and O–H groups in total. The molecule has 1 aromatic carbocycles. The molecule has 0 bridgehead atoms. The van der Waals surface area contributed by atoms with E-state index in [-0.39, 0.29) is 5.95 Å². The number of hydrogen-bond donors (Lipinski definition) is 1. The van der Waals surface area contributed by atoms with Crippen LogP contribution < -0.4 is 15.2 Å². The molecule has 0 atom stereocenters. The maximum absolute atomic E-state index is 5.85. The standard InChI is InChI=1S/C15H15N3O2S/c1-3-11-8-12-13(17-15(16)18-14(12)21-11)20-10-6-4-9(19-2)5-7-10/h4-8H,3H2,1-2H3,(H2,16,17,18). The van der Waals surface area contributed by atoms with Gasteiger partial charge in [0.05, 0.1) is 12.5 Å². The fourth-order valence-corrected chi connectivity index (χ4v) is 2.93. The Labute approximate surface area is 126 Å². The Hall–Kier alpha value is -2.34. The maximum Gasteiger partial charge on any atom is 0.232 e. The van der Waals surface area contributed by atoms with Crippen LogP contribution in [0.2, 0.25) is 0 Å². The molecule has 2 aromatic heterocycles. The topological polar surface area (TPSA) is 70.3 Å². The predicted molar refractivity (Wildman–Crippen MR) is 84.3 cm³/mol. The van der Waals surface area contributed by atoms with Crippen molar-refractivity contribution in [1.29, 1.82) is 0 Å². The number of ether oxygens (including phenoxy) is 2. The number of nitrogens with zero attached hydrogens (tertiary/aromatic N) is 2. The number of thiophene rings is 1. The molecular weight excluding hydrogens is 286 g/mol. The van der Waals surface area contributed by atoms with E-state index >= 15 is 0 Å². The molecule has 21 heavy (non-hydrogen) atoms. The number of nitrogen functional groups attached to an aromatic ring is 1. The third kappa shape index (κ3) is 2.75. The molecule has 2 heterocycles. The summed E-state index contributed by atoms with van der Waals surface area (Å²) in [6.07, 6.45) is 0.947. The van der Waals surface area contributed by atoms with Crippen LogP contribution in [0, 0.1) is 0 Å². The highest BCUT2D eigenvalue weighted by Crippen LogP contribution is 2.33. The van der Waals surface area contributed by atoms with Gasteiger partial charge in [0.15, 0.2) is 0 Å². The Bertz CT molecular complexity index is 768. The second-order valence-electron chi connectivity index (χ2n) is 4.45. The van der Waals surface area contributed by atoms with Crippen LogP contribution >= 0.6 is 11.3 Å². The lowest BCUT2D eigenvalue weighted by Gasteiger charge is -2.07. The minimum atomic E-state index is 0.218. The van der Waals surface area contributed by atoms with Crippen molar-refractivity contribution in [2.75, 3.05) is 12.8 Å². The number of aryl methyl sites for hydroxylation is 1. The molecule has 0 saturated heterocycles. The number of nitrogens with two attached hydrogens (primary N) is 1. The highest BCUT2D eigenvalue weighted by Gasteiger charge is 2.12. The van der Waals surface area contributed by atoms with Gasteiger partial charge in [-0.25, -0.2) is 4.98 Å². The van der Waals surface area contributed by atoms with Gasteiger partial charge in [0.2, 0.25) is 11.8 Å². The average molecular weight is 301 g/mol. The van der Waals surface area contributed by atoms with Gasteiger partial charge >= 0.3 is 0 Å². The summed E-state index contributed by atoms with van der Waals surface area (Å²) in [5.74, 6) is 2.16. The van der Waals surface area contributed by atoms with Gasteiger partial charge < -0.3 is 15.2 Å². The van der Waals surface area contributed by atoms with Crippen molar-refractivity contribution >= 4 is 27.5 Å². The molecule has 0 radical (unpaired) electrons. The van der Waals surface area contributed by atoms with E-state index < -0.39 is 0 Å². The summed E-state index contributed by atoms with van der Waals surface area (Å²) >= 11 is 1.61. The molecule has 0 amide bonds. The number of rotatable bonds is 4. The zero-order valence-corrected chi connectivity index (χ0v) is 12.6. The van der Waals surface area contributed by atoms with Crippen molar-refractivity contribution in [3.8, 4) is 17.4 Å². The van der Waals surface area contributed by atoms with Crippen LogP contribution in [0.1, 0.15) is 11.8 Å². The van der Waals surface area contributed by atoms with Crippen molar-refractivity contribution in [2.24, 2.45) is 0 Å². The highest BCUT2D eigenvalue weighted by atomic mass is 32.1. The molecule has 3 aromatic rings. The highest BCUT2D eigenvalue weighted by molar-refractivity contribution is 7.18. The first-order valence-corrected chi connectivity index (χ1v) is 7.39. The lowest BCUT2D eigenvalue weighted by molar-refractivity contribution is 0.412. The maximum atomic E-state index is 5.85. The summed E-state index contributed by atoms with van der Waals surface area (Å²) in [6.45, 7) is 2.10. The van der Waals surface area contributed by atoms with Crippen molar-refractivity contribution in [2.45, 2.75) is 13.3 Å². The number of aromatic nitrogens is 2. The summed E-state index contributed by atoms with van der Waals surface area (Å²) in [5, 5.41) is 0.891. The van der Waals surface area contributed by atoms with Crippen LogP contribution in [0.5, 0.6) is 17.4 Å². The van der Waals surface area contributed by atoms with E-state index in [2.05, 4.69) is 23.0 Å². The normalized spacial score (nSPS) is 10.8. The minimum Gasteiger partial charge on any atom is -0.497 e. The van der Waals surface area contributed by atoms with Crippen LogP contribution in [0.15, 0.2) is 30.3 Å². The van der Waals surface area contributed by atoms with Gasteiger partial charge in [0.1, 0.15) is 16.3 Å². The van der Waals surface area contributed by atoms with Gasteiger partial charge in [0.25, 0.3) is 0 Å². The molecule has 0 saturated carbocycles. The zero-order valence-electron chi connectivity index (χ0n) is 11.8. The molecule has 0 unspecified atom stereocenters. The van der Waals surface area contributed by atoms with E-state index in [1.807, 2.05) is 24.3 Å². The van der Waals surface area contributed by atoms with Gasteiger partial charge in [-0.1, -0.05) is 6.92 Å². The smallest absolute Gasteiger partial charge is 0.232 e. The Kier molecular flexibility index (Phi) is 3.62. The lowest BCUT2D eigenvalue weighted by atomic mass is 10.3. The summed E-state index contributed by atoms with van der Waals surface area (Å²) in [7, 11) is 1.63. The zero-order chi connectivity index (χ0) is 14.8. The van der Waals surface area contributed by atoms with Gasteiger partial charge in [-0.05, 0) is 36.8 Å². The summed E-state index contributed by atoms with van der Waals surface area (Å²) in [4.78, 5) is 10.5. The van der Waals surface area contributed by atoms with Crippen LogP contribution in [0.25, 0.3) is 10.2 Å². The van der Waals surface area contributed by atoms with E-state index in [1.54, 1.807) is 18.4 Å². The van der Waals surface area contributed by atoms with Crippen molar-refractivity contribution in [3.05, 3.63) is 35.2 Å². The Morgan fingerprint density at radius 3 is 2.52 bits per heavy atom. The molecule has 5 nitrogen and oxygen atoms in total. The van der Waals surface area contributed by atoms with E-state index in [9.17, 15) is 0 Å².